The second kappa shape index (κ2) is 5.42. The van der Waals surface area contributed by atoms with Gasteiger partial charge in [-0.05, 0) is 30.7 Å². The lowest BCUT2D eigenvalue weighted by molar-refractivity contribution is -0.112. The number of anilines is 1. The minimum absolute atomic E-state index is 0.0228. The highest BCUT2D eigenvalue weighted by molar-refractivity contribution is 6.31. The SMILES string of the molecule is CC(C(=O)Nc1ccc(Cl)cc1C(=O)O)=C1CNC1. The van der Waals surface area contributed by atoms with E-state index < -0.39 is 5.97 Å². The molecule has 1 fully saturated rings. The van der Waals surface area contributed by atoms with Crippen LogP contribution >= 0.6 is 11.6 Å². The molecule has 19 heavy (non-hydrogen) atoms. The van der Waals surface area contributed by atoms with E-state index in [1.54, 1.807) is 6.92 Å². The highest BCUT2D eigenvalue weighted by Crippen LogP contribution is 2.22. The number of carboxylic acids is 1. The maximum atomic E-state index is 12.0. The molecule has 5 nitrogen and oxygen atoms in total. The van der Waals surface area contributed by atoms with E-state index >= 15 is 0 Å². The number of aromatic carboxylic acids is 1. The zero-order valence-corrected chi connectivity index (χ0v) is 11.0. The molecule has 0 saturated carbocycles. The second-order valence-corrected chi connectivity index (χ2v) is 4.72. The van der Waals surface area contributed by atoms with Crippen molar-refractivity contribution in [2.24, 2.45) is 0 Å². The quantitative estimate of drug-likeness (QED) is 0.739. The van der Waals surface area contributed by atoms with Crippen molar-refractivity contribution < 1.29 is 14.7 Å². The first-order valence-electron chi connectivity index (χ1n) is 5.72. The smallest absolute Gasteiger partial charge is 0.337 e. The van der Waals surface area contributed by atoms with E-state index in [9.17, 15) is 9.59 Å². The summed E-state index contributed by atoms with van der Waals surface area (Å²) < 4.78 is 0. The molecular formula is C13H13ClN2O3. The Bertz CT molecular complexity index is 575. The number of carbonyl (C=O) groups excluding carboxylic acids is 1. The molecular weight excluding hydrogens is 268 g/mol. The van der Waals surface area contributed by atoms with Gasteiger partial charge in [-0.1, -0.05) is 11.6 Å². The highest BCUT2D eigenvalue weighted by atomic mass is 35.5. The first-order valence-corrected chi connectivity index (χ1v) is 6.10. The molecule has 2 rings (SSSR count). The van der Waals surface area contributed by atoms with Crippen LogP contribution in [-0.4, -0.2) is 30.1 Å². The first kappa shape index (κ1) is 13.6. The van der Waals surface area contributed by atoms with Gasteiger partial charge in [0.1, 0.15) is 0 Å². The van der Waals surface area contributed by atoms with Gasteiger partial charge >= 0.3 is 5.97 Å². The number of hydrogen-bond donors (Lipinski definition) is 3. The molecule has 0 radical (unpaired) electrons. The van der Waals surface area contributed by atoms with Crippen molar-refractivity contribution in [2.75, 3.05) is 18.4 Å². The normalized spacial score (nSPS) is 13.7. The molecule has 0 aliphatic carbocycles. The van der Waals surface area contributed by atoms with Crippen LogP contribution in [0.3, 0.4) is 0 Å². The Kier molecular flexibility index (Phi) is 3.87. The van der Waals surface area contributed by atoms with Crippen LogP contribution in [0.2, 0.25) is 5.02 Å². The maximum Gasteiger partial charge on any atom is 0.337 e. The van der Waals surface area contributed by atoms with Crippen molar-refractivity contribution in [3.05, 3.63) is 39.9 Å². The fourth-order valence-corrected chi connectivity index (χ4v) is 1.87. The molecule has 0 spiro atoms. The van der Waals surface area contributed by atoms with Gasteiger partial charge in [0.2, 0.25) is 0 Å². The molecule has 0 bridgehead atoms. The molecule has 6 heteroatoms. The lowest BCUT2D eigenvalue weighted by Crippen LogP contribution is -2.36. The predicted octanol–water partition coefficient (Wildman–Crippen LogP) is 1.90. The van der Waals surface area contributed by atoms with Crippen LogP contribution in [0.4, 0.5) is 5.69 Å². The molecule has 1 amide bonds. The standard InChI is InChI=1S/C13H13ClN2O3/c1-7(8-5-15-6-8)12(17)16-11-3-2-9(14)4-10(11)13(18)19/h2-4,15H,5-6H2,1H3,(H,16,17)(H,18,19). The fourth-order valence-electron chi connectivity index (χ4n) is 1.69. The Balaban J connectivity index is 2.24. The van der Waals surface area contributed by atoms with Crippen LogP contribution < -0.4 is 10.6 Å². The van der Waals surface area contributed by atoms with Gasteiger partial charge in [0.25, 0.3) is 5.91 Å². The second-order valence-electron chi connectivity index (χ2n) is 4.28. The molecule has 100 valence electrons. The third-order valence-corrected chi connectivity index (χ3v) is 3.24. The molecule has 0 unspecified atom stereocenters. The number of carbonyl (C=O) groups is 2. The van der Waals surface area contributed by atoms with Crippen molar-refractivity contribution in [3.8, 4) is 0 Å². The number of halogens is 1. The van der Waals surface area contributed by atoms with Crippen molar-refractivity contribution in [1.82, 2.24) is 5.32 Å². The topological polar surface area (TPSA) is 78.4 Å². The van der Waals surface area contributed by atoms with Crippen LogP contribution in [0, 0.1) is 0 Å². The van der Waals surface area contributed by atoms with Crippen LogP contribution in [0.15, 0.2) is 29.3 Å². The zero-order chi connectivity index (χ0) is 14.0. The van der Waals surface area contributed by atoms with Gasteiger partial charge in [-0.15, -0.1) is 0 Å². The van der Waals surface area contributed by atoms with Gasteiger partial charge in [-0.3, -0.25) is 4.79 Å². The molecule has 1 heterocycles. The molecule has 1 aromatic rings. The monoisotopic (exact) mass is 280 g/mol. The maximum absolute atomic E-state index is 12.0. The molecule has 1 saturated heterocycles. The van der Waals surface area contributed by atoms with E-state index in [1.165, 1.54) is 18.2 Å². The predicted molar refractivity (Wildman–Crippen MR) is 72.6 cm³/mol. The Morgan fingerprint density at radius 3 is 2.58 bits per heavy atom. The van der Waals surface area contributed by atoms with E-state index in [0.717, 1.165) is 5.57 Å². The third kappa shape index (κ3) is 2.94. The minimum Gasteiger partial charge on any atom is -0.478 e. The van der Waals surface area contributed by atoms with E-state index in [-0.39, 0.29) is 17.2 Å². The highest BCUT2D eigenvalue weighted by Gasteiger charge is 2.18. The van der Waals surface area contributed by atoms with E-state index in [1.807, 2.05) is 0 Å². The average molecular weight is 281 g/mol. The van der Waals surface area contributed by atoms with E-state index in [0.29, 0.717) is 23.7 Å². The van der Waals surface area contributed by atoms with Gasteiger partial charge in [-0.2, -0.15) is 0 Å². The summed E-state index contributed by atoms with van der Waals surface area (Å²) in [7, 11) is 0. The Morgan fingerprint density at radius 1 is 1.37 bits per heavy atom. The molecule has 1 aromatic carbocycles. The summed E-state index contributed by atoms with van der Waals surface area (Å²) in [5, 5.41) is 15.0. The average Bonchev–Trinajstić information content (AvgIpc) is 2.28. The summed E-state index contributed by atoms with van der Waals surface area (Å²) in [6, 6.07) is 4.34. The van der Waals surface area contributed by atoms with Gasteiger partial charge in [-0.25, -0.2) is 4.79 Å². The van der Waals surface area contributed by atoms with Gasteiger partial charge < -0.3 is 15.7 Å². The minimum atomic E-state index is -1.13. The Hall–Kier alpha value is -1.85. The van der Waals surface area contributed by atoms with Crippen molar-refractivity contribution in [2.45, 2.75) is 6.92 Å². The molecule has 1 aliphatic heterocycles. The number of benzene rings is 1. The van der Waals surface area contributed by atoms with Crippen molar-refractivity contribution in [3.63, 3.8) is 0 Å². The lowest BCUT2D eigenvalue weighted by Gasteiger charge is -2.21. The van der Waals surface area contributed by atoms with Crippen LogP contribution in [-0.2, 0) is 4.79 Å². The largest absolute Gasteiger partial charge is 0.478 e. The number of hydrogen-bond acceptors (Lipinski definition) is 3. The van der Waals surface area contributed by atoms with Gasteiger partial charge in [0, 0.05) is 23.7 Å². The van der Waals surface area contributed by atoms with Crippen molar-refractivity contribution >= 4 is 29.2 Å². The van der Waals surface area contributed by atoms with Gasteiger partial charge in [0.15, 0.2) is 0 Å². The third-order valence-electron chi connectivity index (χ3n) is 3.01. The summed E-state index contributed by atoms with van der Waals surface area (Å²) in [5.41, 5.74) is 1.87. The molecule has 3 N–H and O–H groups in total. The number of amides is 1. The fraction of sp³-hybridized carbons (Fsp3) is 0.231. The Morgan fingerprint density at radius 2 is 2.05 bits per heavy atom. The summed E-state index contributed by atoms with van der Waals surface area (Å²) in [6.07, 6.45) is 0. The summed E-state index contributed by atoms with van der Waals surface area (Å²) in [6.45, 7) is 3.12. The summed E-state index contributed by atoms with van der Waals surface area (Å²) in [5.74, 6) is -1.42. The number of nitrogens with one attached hydrogen (secondary N) is 2. The number of rotatable bonds is 3. The van der Waals surface area contributed by atoms with Crippen molar-refractivity contribution in [1.29, 1.82) is 0 Å². The summed E-state index contributed by atoms with van der Waals surface area (Å²) >= 11 is 5.75. The first-order chi connectivity index (χ1) is 8.99. The summed E-state index contributed by atoms with van der Waals surface area (Å²) in [4.78, 5) is 23.1. The lowest BCUT2D eigenvalue weighted by atomic mass is 10.0. The molecule has 0 aromatic heterocycles. The van der Waals surface area contributed by atoms with E-state index in [2.05, 4.69) is 10.6 Å². The number of carboxylic acid groups (broad SMARTS) is 1. The van der Waals surface area contributed by atoms with Crippen LogP contribution in [0.25, 0.3) is 0 Å². The molecule has 0 atom stereocenters. The zero-order valence-electron chi connectivity index (χ0n) is 10.3. The molecule has 1 aliphatic rings. The van der Waals surface area contributed by atoms with Gasteiger partial charge in [0.05, 0.1) is 11.3 Å². The van der Waals surface area contributed by atoms with Crippen LogP contribution in [0.1, 0.15) is 17.3 Å². The Labute approximate surface area is 115 Å². The van der Waals surface area contributed by atoms with Crippen LogP contribution in [0.5, 0.6) is 0 Å². The van der Waals surface area contributed by atoms with E-state index in [4.69, 9.17) is 16.7 Å².